The van der Waals surface area contributed by atoms with Crippen LogP contribution in [0.1, 0.15) is 36.7 Å². The van der Waals surface area contributed by atoms with E-state index in [0.717, 1.165) is 6.07 Å². The minimum absolute atomic E-state index is 0.0640. The van der Waals surface area contributed by atoms with Crippen molar-refractivity contribution < 1.29 is 13.9 Å². The van der Waals surface area contributed by atoms with Gasteiger partial charge in [0.05, 0.1) is 10.6 Å². The molecule has 0 unspecified atom stereocenters. The first-order chi connectivity index (χ1) is 7.20. The lowest BCUT2D eigenvalue weighted by Gasteiger charge is -2.20. The molecule has 0 aliphatic heterocycles. The van der Waals surface area contributed by atoms with Crippen molar-refractivity contribution >= 4 is 17.6 Å². The van der Waals surface area contributed by atoms with Crippen LogP contribution in [-0.4, -0.2) is 11.6 Å². The third kappa shape index (κ3) is 3.20. The molecule has 2 nitrogen and oxygen atoms in total. The molecule has 0 saturated carbocycles. The van der Waals surface area contributed by atoms with E-state index in [1.54, 1.807) is 27.7 Å². The molecule has 0 atom stereocenters. The molecule has 0 amide bonds. The smallest absolute Gasteiger partial charge is 0.340 e. The lowest BCUT2D eigenvalue weighted by Crippen LogP contribution is -2.24. The number of carbonyl (C=O) groups excluding carboxylic acids is 1. The molecule has 0 heterocycles. The first kappa shape index (κ1) is 13.0. The fraction of sp³-hybridized carbons (Fsp3) is 0.417. The molecule has 0 aromatic heterocycles. The molecule has 0 bridgehead atoms. The zero-order valence-corrected chi connectivity index (χ0v) is 10.5. The Bertz CT molecular complexity index is 422. The Kier molecular flexibility index (Phi) is 3.58. The average molecular weight is 245 g/mol. The second-order valence-electron chi connectivity index (χ2n) is 4.59. The van der Waals surface area contributed by atoms with Crippen LogP contribution in [0.2, 0.25) is 5.02 Å². The zero-order chi connectivity index (χ0) is 12.5. The molecule has 0 spiro atoms. The summed E-state index contributed by atoms with van der Waals surface area (Å²) >= 11 is 5.92. The number of aryl methyl sites for hydroxylation is 1. The molecule has 1 aromatic rings. The minimum Gasteiger partial charge on any atom is -0.456 e. The van der Waals surface area contributed by atoms with Gasteiger partial charge in [-0.05, 0) is 45.4 Å². The SMILES string of the molecule is Cc1cc(F)cc(C(=O)OC(C)(C)C)c1Cl. The molecule has 0 aliphatic carbocycles. The van der Waals surface area contributed by atoms with E-state index < -0.39 is 17.4 Å². The van der Waals surface area contributed by atoms with E-state index in [-0.39, 0.29) is 10.6 Å². The highest BCUT2D eigenvalue weighted by Crippen LogP contribution is 2.24. The maximum absolute atomic E-state index is 13.1. The van der Waals surface area contributed by atoms with Crippen LogP contribution in [0.4, 0.5) is 4.39 Å². The van der Waals surface area contributed by atoms with Crippen molar-refractivity contribution in [1.82, 2.24) is 0 Å². The topological polar surface area (TPSA) is 26.3 Å². The molecule has 16 heavy (non-hydrogen) atoms. The second-order valence-corrected chi connectivity index (χ2v) is 4.96. The molecular formula is C12H14ClFO2. The van der Waals surface area contributed by atoms with Crippen LogP contribution in [0.25, 0.3) is 0 Å². The molecule has 0 fully saturated rings. The number of ether oxygens (including phenoxy) is 1. The summed E-state index contributed by atoms with van der Waals surface area (Å²) in [5.41, 5.74) is -0.0442. The van der Waals surface area contributed by atoms with Crippen LogP contribution in [0, 0.1) is 12.7 Å². The molecule has 1 rings (SSSR count). The van der Waals surface area contributed by atoms with Crippen LogP contribution in [0.3, 0.4) is 0 Å². The van der Waals surface area contributed by atoms with Crippen molar-refractivity contribution in [3.05, 3.63) is 34.1 Å². The predicted molar refractivity (Wildman–Crippen MR) is 61.3 cm³/mol. The van der Waals surface area contributed by atoms with Crippen molar-refractivity contribution in [2.75, 3.05) is 0 Å². The van der Waals surface area contributed by atoms with E-state index in [0.29, 0.717) is 5.56 Å². The molecule has 0 N–H and O–H groups in total. The zero-order valence-electron chi connectivity index (χ0n) is 9.73. The van der Waals surface area contributed by atoms with Crippen molar-refractivity contribution in [2.45, 2.75) is 33.3 Å². The van der Waals surface area contributed by atoms with Gasteiger partial charge in [-0.3, -0.25) is 0 Å². The van der Waals surface area contributed by atoms with E-state index in [9.17, 15) is 9.18 Å². The van der Waals surface area contributed by atoms with Gasteiger partial charge < -0.3 is 4.74 Å². The normalized spacial score (nSPS) is 11.4. The van der Waals surface area contributed by atoms with Gasteiger partial charge in [0.1, 0.15) is 11.4 Å². The number of carbonyl (C=O) groups is 1. The summed E-state index contributed by atoms with van der Waals surface area (Å²) in [4.78, 5) is 11.7. The van der Waals surface area contributed by atoms with E-state index in [4.69, 9.17) is 16.3 Å². The second kappa shape index (κ2) is 4.42. The van der Waals surface area contributed by atoms with Crippen molar-refractivity contribution in [1.29, 1.82) is 0 Å². The Morgan fingerprint density at radius 1 is 1.38 bits per heavy atom. The predicted octanol–water partition coefficient (Wildman–Crippen LogP) is 3.74. The van der Waals surface area contributed by atoms with Crippen molar-refractivity contribution in [3.63, 3.8) is 0 Å². The molecule has 0 saturated heterocycles. The van der Waals surface area contributed by atoms with Gasteiger partial charge in [0, 0.05) is 0 Å². The van der Waals surface area contributed by atoms with E-state index in [2.05, 4.69) is 0 Å². The Morgan fingerprint density at radius 3 is 2.44 bits per heavy atom. The minimum atomic E-state index is -0.624. The summed E-state index contributed by atoms with van der Waals surface area (Å²) in [5.74, 6) is -1.11. The highest BCUT2D eigenvalue weighted by atomic mass is 35.5. The summed E-state index contributed by atoms with van der Waals surface area (Å²) in [5, 5.41) is 0.232. The largest absolute Gasteiger partial charge is 0.456 e. The van der Waals surface area contributed by atoms with Gasteiger partial charge in [-0.2, -0.15) is 0 Å². The van der Waals surface area contributed by atoms with Crippen molar-refractivity contribution in [3.8, 4) is 0 Å². The summed E-state index contributed by atoms with van der Waals surface area (Å²) in [6, 6.07) is 2.36. The Hall–Kier alpha value is -1.09. The highest BCUT2D eigenvalue weighted by Gasteiger charge is 2.21. The molecule has 0 aliphatic rings. The molecular weight excluding hydrogens is 231 g/mol. The average Bonchev–Trinajstić information content (AvgIpc) is 2.08. The quantitative estimate of drug-likeness (QED) is 0.704. The molecule has 4 heteroatoms. The van der Waals surface area contributed by atoms with Gasteiger partial charge in [0.25, 0.3) is 0 Å². The van der Waals surface area contributed by atoms with Gasteiger partial charge in [0.15, 0.2) is 0 Å². The lowest BCUT2D eigenvalue weighted by atomic mass is 10.1. The molecule has 0 radical (unpaired) electrons. The Morgan fingerprint density at radius 2 is 1.94 bits per heavy atom. The lowest BCUT2D eigenvalue weighted by molar-refractivity contribution is 0.00691. The molecule has 88 valence electrons. The maximum atomic E-state index is 13.1. The third-order valence-corrected chi connectivity index (χ3v) is 2.34. The summed E-state index contributed by atoms with van der Waals surface area (Å²) in [7, 11) is 0. The van der Waals surface area contributed by atoms with Crippen LogP contribution < -0.4 is 0 Å². The van der Waals surface area contributed by atoms with E-state index >= 15 is 0 Å². The Labute approximate surface area is 99.4 Å². The number of halogens is 2. The maximum Gasteiger partial charge on any atom is 0.340 e. The van der Waals surface area contributed by atoms with Crippen LogP contribution >= 0.6 is 11.6 Å². The Balaban J connectivity index is 3.09. The van der Waals surface area contributed by atoms with Crippen molar-refractivity contribution in [2.24, 2.45) is 0 Å². The first-order valence-electron chi connectivity index (χ1n) is 4.90. The fourth-order valence-corrected chi connectivity index (χ4v) is 1.39. The standard InChI is InChI=1S/C12H14ClFO2/c1-7-5-8(14)6-9(10(7)13)11(15)16-12(2,3)4/h5-6H,1-4H3. The van der Waals surface area contributed by atoms with Gasteiger partial charge >= 0.3 is 5.97 Å². The van der Waals surface area contributed by atoms with Crippen LogP contribution in [0.5, 0.6) is 0 Å². The number of esters is 1. The first-order valence-corrected chi connectivity index (χ1v) is 5.27. The third-order valence-electron chi connectivity index (χ3n) is 1.84. The van der Waals surface area contributed by atoms with E-state index in [1.165, 1.54) is 6.07 Å². The number of benzene rings is 1. The summed E-state index contributed by atoms with van der Waals surface area (Å²) in [6.07, 6.45) is 0. The fourth-order valence-electron chi connectivity index (χ4n) is 1.21. The highest BCUT2D eigenvalue weighted by molar-refractivity contribution is 6.34. The van der Waals surface area contributed by atoms with Gasteiger partial charge in [-0.1, -0.05) is 11.6 Å². The van der Waals surface area contributed by atoms with Gasteiger partial charge in [0.2, 0.25) is 0 Å². The van der Waals surface area contributed by atoms with Crippen LogP contribution in [0.15, 0.2) is 12.1 Å². The number of hydrogen-bond donors (Lipinski definition) is 0. The number of hydrogen-bond acceptors (Lipinski definition) is 2. The van der Waals surface area contributed by atoms with E-state index in [1.807, 2.05) is 0 Å². The summed E-state index contributed by atoms with van der Waals surface area (Å²) < 4.78 is 18.3. The van der Waals surface area contributed by atoms with Gasteiger partial charge in [-0.15, -0.1) is 0 Å². The van der Waals surface area contributed by atoms with Crippen LogP contribution in [-0.2, 0) is 4.74 Å². The monoisotopic (exact) mass is 244 g/mol. The summed E-state index contributed by atoms with van der Waals surface area (Å²) in [6.45, 7) is 6.86. The van der Waals surface area contributed by atoms with Gasteiger partial charge in [-0.25, -0.2) is 9.18 Å². The number of rotatable bonds is 1. The molecule has 1 aromatic carbocycles.